The van der Waals surface area contributed by atoms with Crippen molar-refractivity contribution in [3.05, 3.63) is 18.0 Å². The maximum atomic E-state index is 12.1. The molecule has 0 spiro atoms. The van der Waals surface area contributed by atoms with Crippen molar-refractivity contribution in [1.82, 2.24) is 14.8 Å². The van der Waals surface area contributed by atoms with Gasteiger partial charge in [-0.05, 0) is 12.5 Å². The number of carbonyl (C=O) groups excluding carboxylic acids is 2. The Balaban J connectivity index is 2.61. The lowest BCUT2D eigenvalue weighted by atomic mass is 10.3. The lowest BCUT2D eigenvalue weighted by Crippen LogP contribution is -2.39. The summed E-state index contributed by atoms with van der Waals surface area (Å²) in [5, 5.41) is 2.73. The van der Waals surface area contributed by atoms with Crippen LogP contribution >= 0.6 is 0 Å². The minimum Gasteiger partial charge on any atom is -0.397 e. The molecule has 0 radical (unpaired) electrons. The Bertz CT molecular complexity index is 439. The molecule has 0 aliphatic rings. The average molecular weight is 252 g/mol. The fourth-order valence-electron chi connectivity index (χ4n) is 1.61. The number of aromatic nitrogens is 1. The summed E-state index contributed by atoms with van der Waals surface area (Å²) >= 11 is 0. The van der Waals surface area contributed by atoms with Gasteiger partial charge in [0.25, 0.3) is 5.91 Å². The number of likely N-dealkylation sites (N-methyl/N-ethyl adjacent to an activating group) is 1. The molecule has 1 aromatic heterocycles. The minimum absolute atomic E-state index is 0.0456. The van der Waals surface area contributed by atoms with Gasteiger partial charge in [-0.25, -0.2) is 0 Å². The first-order chi connectivity index (χ1) is 8.45. The molecule has 6 heteroatoms. The number of nitrogens with one attached hydrogen (secondary N) is 1. The van der Waals surface area contributed by atoms with E-state index in [1.54, 1.807) is 30.9 Å². The smallest absolute Gasteiger partial charge is 0.270 e. The summed E-state index contributed by atoms with van der Waals surface area (Å²) in [5.41, 5.74) is 6.62. The number of nitrogens with two attached hydrogens (primary N) is 1. The molecule has 0 aliphatic carbocycles. The third kappa shape index (κ3) is 3.51. The van der Waals surface area contributed by atoms with Gasteiger partial charge in [-0.1, -0.05) is 6.92 Å². The van der Waals surface area contributed by atoms with Crippen molar-refractivity contribution in [3.63, 3.8) is 0 Å². The zero-order valence-electron chi connectivity index (χ0n) is 11.1. The largest absolute Gasteiger partial charge is 0.397 e. The molecule has 6 nitrogen and oxygen atoms in total. The van der Waals surface area contributed by atoms with Gasteiger partial charge in [0.15, 0.2) is 0 Å². The second-order valence-corrected chi connectivity index (χ2v) is 4.28. The maximum absolute atomic E-state index is 12.1. The molecule has 0 aromatic carbocycles. The summed E-state index contributed by atoms with van der Waals surface area (Å²) in [7, 11) is 3.34. The monoisotopic (exact) mass is 252 g/mol. The molecular weight excluding hydrogens is 232 g/mol. The van der Waals surface area contributed by atoms with Gasteiger partial charge in [0.1, 0.15) is 5.69 Å². The Morgan fingerprint density at radius 2 is 2.17 bits per heavy atom. The van der Waals surface area contributed by atoms with Gasteiger partial charge in [0.2, 0.25) is 5.91 Å². The van der Waals surface area contributed by atoms with E-state index in [0.29, 0.717) is 17.9 Å². The van der Waals surface area contributed by atoms with Gasteiger partial charge in [-0.3, -0.25) is 9.59 Å². The van der Waals surface area contributed by atoms with Crippen LogP contribution in [-0.2, 0) is 11.8 Å². The number of aryl methyl sites for hydroxylation is 1. The number of nitrogens with zero attached hydrogens (tertiary/aromatic N) is 2. The fourth-order valence-corrected chi connectivity index (χ4v) is 1.61. The van der Waals surface area contributed by atoms with Gasteiger partial charge in [-0.15, -0.1) is 0 Å². The SMILES string of the molecule is CCCNC(=O)CN(C)C(=O)c1cc(N)cn1C. The molecule has 1 aromatic rings. The van der Waals surface area contributed by atoms with Crippen LogP contribution in [0.15, 0.2) is 12.3 Å². The zero-order valence-corrected chi connectivity index (χ0v) is 11.1. The number of nitrogen functional groups attached to an aromatic ring is 1. The van der Waals surface area contributed by atoms with Crippen molar-refractivity contribution in [2.24, 2.45) is 7.05 Å². The molecule has 2 amide bonds. The summed E-state index contributed by atoms with van der Waals surface area (Å²) in [4.78, 5) is 24.9. The summed E-state index contributed by atoms with van der Waals surface area (Å²) < 4.78 is 1.65. The van der Waals surface area contributed by atoms with E-state index in [4.69, 9.17) is 5.73 Å². The second kappa shape index (κ2) is 6.09. The van der Waals surface area contributed by atoms with Crippen molar-refractivity contribution in [2.75, 3.05) is 25.9 Å². The Hall–Kier alpha value is -1.98. The Labute approximate surface area is 107 Å². The number of amides is 2. The third-order valence-corrected chi connectivity index (χ3v) is 2.54. The molecule has 0 aliphatic heterocycles. The van der Waals surface area contributed by atoms with E-state index in [0.717, 1.165) is 6.42 Å². The van der Waals surface area contributed by atoms with E-state index in [9.17, 15) is 9.59 Å². The predicted molar refractivity (Wildman–Crippen MR) is 70.1 cm³/mol. The highest BCUT2D eigenvalue weighted by Crippen LogP contribution is 2.10. The lowest BCUT2D eigenvalue weighted by Gasteiger charge is -2.16. The molecule has 0 atom stereocenters. The lowest BCUT2D eigenvalue weighted by molar-refractivity contribution is -0.121. The Morgan fingerprint density at radius 1 is 1.50 bits per heavy atom. The number of hydrogen-bond donors (Lipinski definition) is 2. The molecular formula is C12H20N4O2. The van der Waals surface area contributed by atoms with E-state index in [-0.39, 0.29) is 18.4 Å². The number of hydrogen-bond acceptors (Lipinski definition) is 3. The van der Waals surface area contributed by atoms with Crippen LogP contribution in [0, 0.1) is 0 Å². The van der Waals surface area contributed by atoms with Gasteiger partial charge in [-0.2, -0.15) is 0 Å². The first kappa shape index (κ1) is 14.1. The molecule has 0 fully saturated rings. The van der Waals surface area contributed by atoms with Crippen LogP contribution in [0.25, 0.3) is 0 Å². The van der Waals surface area contributed by atoms with Crippen LogP contribution in [0.2, 0.25) is 0 Å². The van der Waals surface area contributed by atoms with Gasteiger partial charge < -0.3 is 20.5 Å². The normalized spacial score (nSPS) is 10.2. The number of anilines is 1. The summed E-state index contributed by atoms with van der Waals surface area (Å²) in [6, 6.07) is 1.60. The summed E-state index contributed by atoms with van der Waals surface area (Å²) in [5.74, 6) is -0.379. The number of rotatable bonds is 5. The van der Waals surface area contributed by atoms with Crippen molar-refractivity contribution in [2.45, 2.75) is 13.3 Å². The quantitative estimate of drug-likeness (QED) is 0.786. The van der Waals surface area contributed by atoms with E-state index < -0.39 is 0 Å². The Morgan fingerprint density at radius 3 is 2.67 bits per heavy atom. The fraction of sp³-hybridized carbons (Fsp3) is 0.500. The first-order valence-corrected chi connectivity index (χ1v) is 5.89. The standard InChI is InChI=1S/C12H20N4O2/c1-4-5-14-11(17)8-16(3)12(18)10-6-9(13)7-15(10)2/h6-7H,4-5,8,13H2,1-3H3,(H,14,17). The van der Waals surface area contributed by atoms with Crippen LogP contribution in [0.4, 0.5) is 5.69 Å². The van der Waals surface area contributed by atoms with Crippen molar-refractivity contribution in [3.8, 4) is 0 Å². The van der Waals surface area contributed by atoms with Crippen LogP contribution in [0.1, 0.15) is 23.8 Å². The highest BCUT2D eigenvalue weighted by molar-refractivity contribution is 5.95. The predicted octanol–water partition coefficient (Wildman–Crippen LogP) is 0.206. The zero-order chi connectivity index (χ0) is 13.7. The first-order valence-electron chi connectivity index (χ1n) is 5.89. The van der Waals surface area contributed by atoms with Gasteiger partial charge in [0.05, 0.1) is 12.2 Å². The van der Waals surface area contributed by atoms with Crippen LogP contribution in [-0.4, -0.2) is 41.4 Å². The summed E-state index contributed by atoms with van der Waals surface area (Å²) in [6.45, 7) is 2.64. The molecule has 3 N–H and O–H groups in total. The van der Waals surface area contributed by atoms with Gasteiger partial charge in [0, 0.05) is 26.8 Å². The average Bonchev–Trinajstić information content (AvgIpc) is 2.64. The molecule has 0 saturated heterocycles. The highest BCUT2D eigenvalue weighted by Gasteiger charge is 2.17. The third-order valence-electron chi connectivity index (χ3n) is 2.54. The number of carbonyl (C=O) groups is 2. The van der Waals surface area contributed by atoms with E-state index >= 15 is 0 Å². The molecule has 0 saturated carbocycles. The Kier molecular flexibility index (Phi) is 4.76. The summed E-state index contributed by atoms with van der Waals surface area (Å²) in [6.07, 6.45) is 2.54. The minimum atomic E-state index is -0.221. The van der Waals surface area contributed by atoms with Gasteiger partial charge >= 0.3 is 0 Å². The second-order valence-electron chi connectivity index (χ2n) is 4.28. The van der Waals surface area contributed by atoms with E-state index in [1.807, 2.05) is 6.92 Å². The van der Waals surface area contributed by atoms with Crippen molar-refractivity contribution >= 4 is 17.5 Å². The molecule has 1 heterocycles. The van der Waals surface area contributed by atoms with Crippen molar-refractivity contribution < 1.29 is 9.59 Å². The van der Waals surface area contributed by atoms with Crippen LogP contribution in [0.3, 0.4) is 0 Å². The molecule has 100 valence electrons. The molecule has 1 rings (SSSR count). The van der Waals surface area contributed by atoms with Crippen molar-refractivity contribution in [1.29, 1.82) is 0 Å². The van der Waals surface area contributed by atoms with Crippen LogP contribution in [0.5, 0.6) is 0 Å². The maximum Gasteiger partial charge on any atom is 0.270 e. The highest BCUT2D eigenvalue weighted by atomic mass is 16.2. The topological polar surface area (TPSA) is 80.4 Å². The molecule has 0 unspecified atom stereocenters. The molecule has 0 bridgehead atoms. The molecule has 18 heavy (non-hydrogen) atoms. The van der Waals surface area contributed by atoms with E-state index in [1.165, 1.54) is 4.90 Å². The van der Waals surface area contributed by atoms with Crippen LogP contribution < -0.4 is 11.1 Å². The van der Waals surface area contributed by atoms with E-state index in [2.05, 4.69) is 5.32 Å².